The van der Waals surface area contributed by atoms with E-state index < -0.39 is 0 Å². The molecule has 0 fully saturated rings. The summed E-state index contributed by atoms with van der Waals surface area (Å²) in [6, 6.07) is 5.00. The largest absolute Gasteiger partial charge is 0.493 e. The van der Waals surface area contributed by atoms with Gasteiger partial charge in [0.25, 0.3) is 0 Å². The molecule has 1 rings (SSSR count). The molecule has 0 heterocycles. The van der Waals surface area contributed by atoms with Crippen LogP contribution in [0.3, 0.4) is 0 Å². The Kier molecular flexibility index (Phi) is 4.59. The minimum Gasteiger partial charge on any atom is -0.493 e. The lowest BCUT2D eigenvalue weighted by molar-refractivity contribution is 0.112. The summed E-state index contributed by atoms with van der Waals surface area (Å²) < 4.78 is 9.99. The molecule has 0 radical (unpaired) electrons. The highest BCUT2D eigenvalue weighted by molar-refractivity contribution is 5.76. The van der Waals surface area contributed by atoms with E-state index in [4.69, 9.17) is 9.47 Å². The van der Waals surface area contributed by atoms with E-state index in [0.29, 0.717) is 17.1 Å². The number of aldehydes is 1. The number of benzene rings is 1. The number of carbonyl (C=O) groups excluding carboxylic acids is 1. The Labute approximate surface area is 78.3 Å². The summed E-state index contributed by atoms with van der Waals surface area (Å²) in [7, 11) is 3.09. The zero-order valence-electron chi connectivity index (χ0n) is 7.03. The first kappa shape index (κ1) is 11.5. The summed E-state index contributed by atoms with van der Waals surface area (Å²) in [5.41, 5.74) is 0.577. The summed E-state index contributed by atoms with van der Waals surface area (Å²) in [5, 5.41) is 0. The van der Waals surface area contributed by atoms with Crippen LogP contribution in [-0.2, 0) is 0 Å². The first-order chi connectivity index (χ1) is 5.81. The third-order valence-electron chi connectivity index (χ3n) is 1.54. The molecule has 0 spiro atoms. The van der Waals surface area contributed by atoms with Crippen LogP contribution in [0.25, 0.3) is 0 Å². The van der Waals surface area contributed by atoms with Gasteiger partial charge < -0.3 is 9.47 Å². The van der Waals surface area contributed by atoms with Gasteiger partial charge in [-0.1, -0.05) is 7.43 Å². The fourth-order valence-corrected chi connectivity index (χ4v) is 0.926. The number of methoxy groups -OCH3 is 2. The van der Waals surface area contributed by atoms with Crippen LogP contribution >= 0.6 is 0 Å². The van der Waals surface area contributed by atoms with E-state index >= 15 is 0 Å². The smallest absolute Gasteiger partial charge is 0.161 e. The minimum absolute atomic E-state index is 0. The molecule has 3 nitrogen and oxygen atoms in total. The first-order valence-electron chi connectivity index (χ1n) is 3.49. The van der Waals surface area contributed by atoms with Gasteiger partial charge in [-0.3, -0.25) is 4.79 Å². The predicted octanol–water partition coefficient (Wildman–Crippen LogP) is 2.15. The van der Waals surface area contributed by atoms with Crippen molar-refractivity contribution in [3.8, 4) is 11.5 Å². The van der Waals surface area contributed by atoms with E-state index in [1.807, 2.05) is 0 Å². The van der Waals surface area contributed by atoms with Gasteiger partial charge in [-0.25, -0.2) is 0 Å². The van der Waals surface area contributed by atoms with Crippen molar-refractivity contribution in [1.29, 1.82) is 0 Å². The summed E-state index contributed by atoms with van der Waals surface area (Å²) >= 11 is 0. The molecule has 13 heavy (non-hydrogen) atoms. The fourth-order valence-electron chi connectivity index (χ4n) is 0.926. The standard InChI is InChI=1S/C9H10O3.CH4/c1-11-8-4-3-7(6-10)5-9(8)12-2;/h3-6H,1-2H3;1H4. The van der Waals surface area contributed by atoms with Crippen molar-refractivity contribution in [2.75, 3.05) is 14.2 Å². The lowest BCUT2D eigenvalue weighted by atomic mass is 10.2. The molecule has 0 unspecified atom stereocenters. The maximum atomic E-state index is 10.4. The maximum Gasteiger partial charge on any atom is 0.161 e. The Hall–Kier alpha value is -1.51. The second-order valence-corrected chi connectivity index (χ2v) is 2.23. The zero-order valence-corrected chi connectivity index (χ0v) is 7.03. The monoisotopic (exact) mass is 182 g/mol. The van der Waals surface area contributed by atoms with Crippen LogP contribution in [0.15, 0.2) is 18.2 Å². The molecule has 72 valence electrons. The average molecular weight is 182 g/mol. The zero-order chi connectivity index (χ0) is 8.97. The highest BCUT2D eigenvalue weighted by atomic mass is 16.5. The molecule has 0 saturated heterocycles. The molecule has 0 aromatic heterocycles. The second kappa shape index (κ2) is 5.19. The van der Waals surface area contributed by atoms with Gasteiger partial charge in [-0.2, -0.15) is 0 Å². The van der Waals surface area contributed by atoms with Crippen molar-refractivity contribution in [3.63, 3.8) is 0 Å². The lowest BCUT2D eigenvalue weighted by Gasteiger charge is -2.06. The Morgan fingerprint density at radius 3 is 2.23 bits per heavy atom. The fraction of sp³-hybridized carbons (Fsp3) is 0.300. The number of hydrogen-bond acceptors (Lipinski definition) is 3. The molecule has 0 saturated carbocycles. The van der Waals surface area contributed by atoms with Gasteiger partial charge in [0.05, 0.1) is 14.2 Å². The van der Waals surface area contributed by atoms with Gasteiger partial charge in [0, 0.05) is 5.56 Å². The quantitative estimate of drug-likeness (QED) is 0.672. The van der Waals surface area contributed by atoms with Crippen molar-refractivity contribution in [1.82, 2.24) is 0 Å². The van der Waals surface area contributed by atoms with Crippen LogP contribution in [0, 0.1) is 0 Å². The van der Waals surface area contributed by atoms with Gasteiger partial charge in [-0.05, 0) is 18.2 Å². The topological polar surface area (TPSA) is 35.5 Å². The Balaban J connectivity index is 0.00000144. The average Bonchev–Trinajstić information content (AvgIpc) is 2.16. The van der Waals surface area contributed by atoms with Gasteiger partial charge >= 0.3 is 0 Å². The molecular weight excluding hydrogens is 168 g/mol. The Morgan fingerprint density at radius 2 is 1.77 bits per heavy atom. The van der Waals surface area contributed by atoms with E-state index in [-0.39, 0.29) is 7.43 Å². The van der Waals surface area contributed by atoms with E-state index in [2.05, 4.69) is 0 Å². The molecule has 0 N–H and O–H groups in total. The van der Waals surface area contributed by atoms with Crippen molar-refractivity contribution in [3.05, 3.63) is 23.8 Å². The Bertz CT molecular complexity index is 281. The van der Waals surface area contributed by atoms with Crippen LogP contribution in [-0.4, -0.2) is 20.5 Å². The van der Waals surface area contributed by atoms with Crippen LogP contribution in [0.4, 0.5) is 0 Å². The molecule has 0 bridgehead atoms. The lowest BCUT2D eigenvalue weighted by Crippen LogP contribution is -1.91. The maximum absolute atomic E-state index is 10.4. The van der Waals surface area contributed by atoms with E-state index in [0.717, 1.165) is 6.29 Å². The van der Waals surface area contributed by atoms with Gasteiger partial charge in [0.1, 0.15) is 6.29 Å². The number of hydrogen-bond donors (Lipinski definition) is 0. The van der Waals surface area contributed by atoms with Crippen LogP contribution in [0.2, 0.25) is 0 Å². The highest BCUT2D eigenvalue weighted by Crippen LogP contribution is 2.26. The molecule has 0 amide bonds. The molecule has 0 aliphatic carbocycles. The number of rotatable bonds is 3. The molecular formula is C10H14O3. The Morgan fingerprint density at radius 1 is 1.15 bits per heavy atom. The SMILES string of the molecule is C.COc1ccc(C=O)cc1OC. The molecule has 0 atom stereocenters. The number of ether oxygens (including phenoxy) is 2. The van der Waals surface area contributed by atoms with Gasteiger partial charge in [0.2, 0.25) is 0 Å². The third-order valence-corrected chi connectivity index (χ3v) is 1.54. The summed E-state index contributed by atoms with van der Waals surface area (Å²) in [6.45, 7) is 0. The van der Waals surface area contributed by atoms with Crippen molar-refractivity contribution in [2.45, 2.75) is 7.43 Å². The second-order valence-electron chi connectivity index (χ2n) is 2.23. The summed E-state index contributed by atoms with van der Waals surface area (Å²) in [5.74, 6) is 1.20. The molecule has 3 heteroatoms. The van der Waals surface area contributed by atoms with E-state index in [9.17, 15) is 4.79 Å². The molecule has 0 aliphatic rings. The minimum atomic E-state index is 0. The normalized spacial score (nSPS) is 8.46. The van der Waals surface area contributed by atoms with Crippen molar-refractivity contribution < 1.29 is 14.3 Å². The highest BCUT2D eigenvalue weighted by Gasteiger charge is 2.02. The summed E-state index contributed by atoms with van der Waals surface area (Å²) in [4.78, 5) is 10.4. The van der Waals surface area contributed by atoms with Gasteiger partial charge in [-0.15, -0.1) is 0 Å². The van der Waals surface area contributed by atoms with E-state index in [1.165, 1.54) is 7.11 Å². The van der Waals surface area contributed by atoms with E-state index in [1.54, 1.807) is 25.3 Å². The number of carbonyl (C=O) groups is 1. The van der Waals surface area contributed by atoms with Gasteiger partial charge in [0.15, 0.2) is 11.5 Å². The first-order valence-corrected chi connectivity index (χ1v) is 3.49. The molecule has 1 aromatic carbocycles. The predicted molar refractivity (Wildman–Crippen MR) is 51.7 cm³/mol. The summed E-state index contributed by atoms with van der Waals surface area (Å²) in [6.07, 6.45) is 0.766. The van der Waals surface area contributed by atoms with Crippen LogP contribution < -0.4 is 9.47 Å². The molecule has 1 aromatic rings. The van der Waals surface area contributed by atoms with Crippen LogP contribution in [0.1, 0.15) is 17.8 Å². The van der Waals surface area contributed by atoms with Crippen LogP contribution in [0.5, 0.6) is 11.5 Å². The van der Waals surface area contributed by atoms with Crippen molar-refractivity contribution >= 4 is 6.29 Å². The van der Waals surface area contributed by atoms with Crippen molar-refractivity contribution in [2.24, 2.45) is 0 Å². The third kappa shape index (κ3) is 2.47. The molecule has 0 aliphatic heterocycles.